The van der Waals surface area contributed by atoms with Crippen molar-refractivity contribution in [3.8, 4) is 5.75 Å². The lowest BCUT2D eigenvalue weighted by atomic mass is 9.79. The van der Waals surface area contributed by atoms with Crippen LogP contribution in [0.4, 0.5) is 0 Å². The van der Waals surface area contributed by atoms with Crippen LogP contribution in [0, 0.1) is 0 Å². The number of benzene rings is 3. The molecule has 0 unspecified atom stereocenters. The maximum atomic E-state index is 6.74. The summed E-state index contributed by atoms with van der Waals surface area (Å²) in [6.45, 7) is 8.25. The van der Waals surface area contributed by atoms with Gasteiger partial charge in [-0.3, -0.25) is 0 Å². The first-order chi connectivity index (χ1) is 13.0. The minimum atomic E-state index is -0.748. The second kappa shape index (κ2) is 8.41. The van der Waals surface area contributed by atoms with Crippen LogP contribution in [-0.4, -0.2) is 12.2 Å². The van der Waals surface area contributed by atoms with E-state index in [2.05, 4.69) is 68.4 Å². The molecule has 0 heterocycles. The Hall–Kier alpha value is -2.58. The molecule has 0 saturated carbocycles. The molecule has 0 amide bonds. The maximum Gasteiger partial charge on any atom is 0.147 e. The van der Waals surface area contributed by atoms with Crippen LogP contribution >= 0.6 is 0 Å². The molecule has 0 spiro atoms. The van der Waals surface area contributed by atoms with Crippen LogP contribution in [0.5, 0.6) is 5.75 Å². The van der Waals surface area contributed by atoms with E-state index in [4.69, 9.17) is 9.47 Å². The van der Waals surface area contributed by atoms with E-state index in [-0.39, 0.29) is 12.2 Å². The third-order valence-electron chi connectivity index (χ3n) is 4.40. The third-order valence-corrected chi connectivity index (χ3v) is 4.40. The highest BCUT2D eigenvalue weighted by atomic mass is 16.5. The van der Waals surface area contributed by atoms with Crippen molar-refractivity contribution < 1.29 is 9.47 Å². The smallest absolute Gasteiger partial charge is 0.147 e. The second-order valence-electron chi connectivity index (χ2n) is 7.24. The van der Waals surface area contributed by atoms with Crippen molar-refractivity contribution in [3.63, 3.8) is 0 Å². The van der Waals surface area contributed by atoms with Crippen molar-refractivity contribution in [2.75, 3.05) is 0 Å². The summed E-state index contributed by atoms with van der Waals surface area (Å²) in [5, 5.41) is 0. The molecule has 0 N–H and O–H groups in total. The zero-order chi connectivity index (χ0) is 19.3. The van der Waals surface area contributed by atoms with Crippen molar-refractivity contribution >= 4 is 0 Å². The molecule has 2 nitrogen and oxygen atoms in total. The number of rotatable bonds is 7. The maximum absolute atomic E-state index is 6.74. The Balaban J connectivity index is 2.34. The fourth-order valence-electron chi connectivity index (χ4n) is 3.49. The molecular weight excluding hydrogens is 332 g/mol. The highest BCUT2D eigenvalue weighted by Gasteiger charge is 2.40. The Bertz CT molecular complexity index is 799. The Kier molecular flexibility index (Phi) is 5.98. The Morgan fingerprint density at radius 3 is 1.56 bits per heavy atom. The quantitative estimate of drug-likeness (QED) is 0.468. The van der Waals surface area contributed by atoms with Crippen molar-refractivity contribution in [2.45, 2.75) is 45.5 Å². The molecule has 27 heavy (non-hydrogen) atoms. The van der Waals surface area contributed by atoms with Crippen molar-refractivity contribution in [1.82, 2.24) is 0 Å². The van der Waals surface area contributed by atoms with Crippen LogP contribution in [0.15, 0.2) is 84.9 Å². The highest BCUT2D eigenvalue weighted by molar-refractivity contribution is 5.53. The standard InChI is InChI=1S/C25H28O2/c1-19(2)26-24-18-12-11-17-23(24)25(27-20(3)4,21-13-7-5-8-14-21)22-15-9-6-10-16-22/h5-20H,1-4H3. The normalized spacial score (nSPS) is 11.8. The Labute approximate surface area is 162 Å². The van der Waals surface area contributed by atoms with E-state index in [1.54, 1.807) is 0 Å². The van der Waals surface area contributed by atoms with Crippen LogP contribution in [-0.2, 0) is 10.3 Å². The number of hydrogen-bond acceptors (Lipinski definition) is 2. The van der Waals surface area contributed by atoms with Gasteiger partial charge in [-0.05, 0) is 44.9 Å². The minimum absolute atomic E-state index is 0.0255. The molecule has 0 radical (unpaired) electrons. The lowest BCUT2D eigenvalue weighted by Gasteiger charge is -2.38. The van der Waals surface area contributed by atoms with Gasteiger partial charge in [0.25, 0.3) is 0 Å². The monoisotopic (exact) mass is 360 g/mol. The summed E-state index contributed by atoms with van der Waals surface area (Å²) in [6, 6.07) is 29.0. The van der Waals surface area contributed by atoms with E-state index in [0.717, 1.165) is 22.4 Å². The topological polar surface area (TPSA) is 18.5 Å². The summed E-state index contributed by atoms with van der Waals surface area (Å²) in [5.74, 6) is 0.848. The molecular formula is C25H28O2. The summed E-state index contributed by atoms with van der Waals surface area (Å²) < 4.78 is 12.9. The van der Waals surface area contributed by atoms with Gasteiger partial charge >= 0.3 is 0 Å². The molecule has 0 bridgehead atoms. The molecule has 0 aliphatic heterocycles. The van der Waals surface area contributed by atoms with Gasteiger partial charge in [0.1, 0.15) is 11.4 Å². The summed E-state index contributed by atoms with van der Waals surface area (Å²) in [5.41, 5.74) is 2.45. The molecule has 2 heteroatoms. The van der Waals surface area contributed by atoms with E-state index in [1.165, 1.54) is 0 Å². The minimum Gasteiger partial charge on any atom is -0.491 e. The van der Waals surface area contributed by atoms with Crippen LogP contribution < -0.4 is 4.74 Å². The fourth-order valence-corrected chi connectivity index (χ4v) is 3.49. The lowest BCUT2D eigenvalue weighted by Crippen LogP contribution is -2.36. The molecule has 0 saturated heterocycles. The number of hydrogen-bond donors (Lipinski definition) is 0. The zero-order valence-electron chi connectivity index (χ0n) is 16.6. The first-order valence-corrected chi connectivity index (χ1v) is 9.59. The lowest BCUT2D eigenvalue weighted by molar-refractivity contribution is -0.0311. The number of para-hydroxylation sites is 1. The number of ether oxygens (including phenoxy) is 2. The largest absolute Gasteiger partial charge is 0.491 e. The molecule has 0 aliphatic rings. The Morgan fingerprint density at radius 1 is 0.593 bits per heavy atom. The first-order valence-electron chi connectivity index (χ1n) is 9.59. The van der Waals surface area contributed by atoms with Gasteiger partial charge < -0.3 is 9.47 Å². The fraction of sp³-hybridized carbons (Fsp3) is 0.280. The van der Waals surface area contributed by atoms with E-state index in [1.807, 2.05) is 44.2 Å². The molecule has 3 aromatic rings. The van der Waals surface area contributed by atoms with Gasteiger partial charge in [-0.1, -0.05) is 78.9 Å². The van der Waals surface area contributed by atoms with E-state index >= 15 is 0 Å². The Morgan fingerprint density at radius 2 is 1.07 bits per heavy atom. The average molecular weight is 360 g/mol. The molecule has 140 valence electrons. The van der Waals surface area contributed by atoms with E-state index < -0.39 is 5.60 Å². The molecule has 0 fully saturated rings. The molecule has 0 aliphatic carbocycles. The van der Waals surface area contributed by atoms with Gasteiger partial charge in [0.15, 0.2) is 0 Å². The molecule has 0 atom stereocenters. The van der Waals surface area contributed by atoms with Crippen LogP contribution in [0.2, 0.25) is 0 Å². The summed E-state index contributed by atoms with van der Waals surface area (Å²) in [4.78, 5) is 0. The van der Waals surface area contributed by atoms with E-state index in [9.17, 15) is 0 Å². The second-order valence-corrected chi connectivity index (χ2v) is 7.24. The highest BCUT2D eigenvalue weighted by Crippen LogP contribution is 2.45. The molecule has 0 aromatic heterocycles. The van der Waals surface area contributed by atoms with Crippen LogP contribution in [0.25, 0.3) is 0 Å². The molecule has 3 rings (SSSR count). The van der Waals surface area contributed by atoms with Gasteiger partial charge in [0, 0.05) is 5.56 Å². The van der Waals surface area contributed by atoms with Crippen molar-refractivity contribution in [2.24, 2.45) is 0 Å². The van der Waals surface area contributed by atoms with Gasteiger partial charge in [-0.15, -0.1) is 0 Å². The molecule has 3 aromatic carbocycles. The summed E-state index contributed by atoms with van der Waals surface area (Å²) >= 11 is 0. The van der Waals surface area contributed by atoms with Gasteiger partial charge in [0.05, 0.1) is 12.2 Å². The van der Waals surface area contributed by atoms with Gasteiger partial charge in [-0.2, -0.15) is 0 Å². The predicted octanol–water partition coefficient (Wildman–Crippen LogP) is 6.19. The average Bonchev–Trinajstić information content (AvgIpc) is 2.67. The third kappa shape index (κ3) is 4.06. The van der Waals surface area contributed by atoms with Gasteiger partial charge in [0.2, 0.25) is 0 Å². The zero-order valence-corrected chi connectivity index (χ0v) is 16.6. The summed E-state index contributed by atoms with van der Waals surface area (Å²) in [7, 11) is 0. The van der Waals surface area contributed by atoms with E-state index in [0.29, 0.717) is 0 Å². The predicted molar refractivity (Wildman–Crippen MR) is 111 cm³/mol. The van der Waals surface area contributed by atoms with Crippen molar-refractivity contribution in [1.29, 1.82) is 0 Å². The van der Waals surface area contributed by atoms with Crippen LogP contribution in [0.3, 0.4) is 0 Å². The summed E-state index contributed by atoms with van der Waals surface area (Å²) in [6.07, 6.45) is 0.104. The SMILES string of the molecule is CC(C)Oc1ccccc1C(OC(C)C)(c1ccccc1)c1ccccc1. The van der Waals surface area contributed by atoms with Crippen LogP contribution in [0.1, 0.15) is 44.4 Å². The van der Waals surface area contributed by atoms with Crippen molar-refractivity contribution in [3.05, 3.63) is 102 Å². The first kappa shape index (κ1) is 19.2. The van der Waals surface area contributed by atoms with Gasteiger partial charge in [-0.25, -0.2) is 0 Å².